The lowest BCUT2D eigenvalue weighted by molar-refractivity contribution is 0.102. The van der Waals surface area contributed by atoms with Crippen LogP contribution in [0.5, 0.6) is 0 Å². The number of rotatable bonds is 6. The van der Waals surface area contributed by atoms with Gasteiger partial charge in [0.25, 0.3) is 5.91 Å². The van der Waals surface area contributed by atoms with Crippen molar-refractivity contribution in [3.63, 3.8) is 0 Å². The fraction of sp³-hybridized carbons (Fsp3) is 0.292. The van der Waals surface area contributed by atoms with Crippen LogP contribution in [0.3, 0.4) is 0 Å². The number of hydrogen-bond donors (Lipinski definition) is 4. The zero-order valence-electron chi connectivity index (χ0n) is 19.0. The predicted molar refractivity (Wildman–Crippen MR) is 131 cm³/mol. The molecule has 10 heteroatoms. The maximum Gasteiger partial charge on any atom is 0.319 e. The quantitative estimate of drug-likeness (QED) is 0.429. The van der Waals surface area contributed by atoms with Crippen molar-refractivity contribution in [1.29, 1.82) is 0 Å². The molecular formula is C24H27N5O4S. The van der Waals surface area contributed by atoms with E-state index >= 15 is 0 Å². The molecule has 0 spiro atoms. The third-order valence-corrected chi connectivity index (χ3v) is 7.59. The van der Waals surface area contributed by atoms with Gasteiger partial charge in [-0.2, -0.15) is 5.10 Å². The van der Waals surface area contributed by atoms with Crippen LogP contribution in [-0.2, 0) is 16.3 Å². The topological polar surface area (TPSA) is 133 Å². The van der Waals surface area contributed by atoms with E-state index in [1.807, 2.05) is 38.1 Å². The summed E-state index contributed by atoms with van der Waals surface area (Å²) in [5.41, 5.74) is 5.78. The normalized spacial score (nSPS) is 16.7. The van der Waals surface area contributed by atoms with Crippen molar-refractivity contribution in [2.75, 3.05) is 22.1 Å². The summed E-state index contributed by atoms with van der Waals surface area (Å²) >= 11 is 0. The Morgan fingerprint density at radius 1 is 1.06 bits per heavy atom. The Labute approximate surface area is 198 Å². The number of nitrogens with one attached hydrogen (secondary N) is 4. The van der Waals surface area contributed by atoms with Gasteiger partial charge in [0, 0.05) is 40.7 Å². The van der Waals surface area contributed by atoms with Crippen LogP contribution in [0.4, 0.5) is 16.2 Å². The Morgan fingerprint density at radius 3 is 2.47 bits per heavy atom. The van der Waals surface area contributed by atoms with Crippen LogP contribution in [0.15, 0.2) is 48.5 Å². The number of carbonyl (C=O) groups excluding carboxylic acids is 2. The van der Waals surface area contributed by atoms with Gasteiger partial charge in [-0.05, 0) is 56.2 Å². The number of aryl methyl sites for hydroxylation is 2. The number of sulfone groups is 1. The van der Waals surface area contributed by atoms with Crippen molar-refractivity contribution in [3.05, 3.63) is 76.6 Å². The summed E-state index contributed by atoms with van der Waals surface area (Å²) < 4.78 is 23.1. The molecule has 1 aromatic heterocycles. The van der Waals surface area contributed by atoms with E-state index in [0.29, 0.717) is 23.4 Å². The Kier molecular flexibility index (Phi) is 6.69. The molecule has 0 aliphatic carbocycles. The van der Waals surface area contributed by atoms with Gasteiger partial charge in [-0.25, -0.2) is 13.2 Å². The molecule has 0 radical (unpaired) electrons. The predicted octanol–water partition coefficient (Wildman–Crippen LogP) is 3.18. The van der Waals surface area contributed by atoms with Gasteiger partial charge in [-0.15, -0.1) is 0 Å². The molecule has 9 nitrogen and oxygen atoms in total. The number of benzene rings is 2. The van der Waals surface area contributed by atoms with Crippen LogP contribution in [0.2, 0.25) is 0 Å². The summed E-state index contributed by atoms with van der Waals surface area (Å²) in [6.07, 6.45) is 1.16. The summed E-state index contributed by atoms with van der Waals surface area (Å²) in [6, 6.07) is 13.3. The number of aromatic nitrogens is 2. The van der Waals surface area contributed by atoms with Crippen LogP contribution in [-0.4, -0.2) is 48.1 Å². The van der Waals surface area contributed by atoms with Gasteiger partial charge in [0.2, 0.25) is 0 Å². The van der Waals surface area contributed by atoms with E-state index < -0.39 is 21.9 Å². The lowest BCUT2D eigenvalue weighted by atomic mass is 10.0. The van der Waals surface area contributed by atoms with E-state index in [1.165, 1.54) is 5.56 Å². The van der Waals surface area contributed by atoms with E-state index in [2.05, 4.69) is 26.1 Å². The molecule has 1 saturated heterocycles. The number of nitrogens with zero attached hydrogens (tertiary/aromatic N) is 1. The molecule has 3 amide bonds. The van der Waals surface area contributed by atoms with Gasteiger partial charge in [-0.1, -0.05) is 18.2 Å². The van der Waals surface area contributed by atoms with Crippen LogP contribution < -0.4 is 16.0 Å². The number of urea groups is 1. The number of aromatic amines is 1. The van der Waals surface area contributed by atoms with Gasteiger partial charge >= 0.3 is 6.03 Å². The number of H-pyrrole nitrogens is 1. The largest absolute Gasteiger partial charge is 0.334 e. The fourth-order valence-corrected chi connectivity index (χ4v) is 5.62. The standard InChI is InChI=1S/C24H27N5O4S/c1-15-22(16(2)29-28-15)12-17-6-8-19(9-7-17)25-23(30)18-4-3-5-20(13-18)26-24(31)27-21-10-11-34(32,33)14-21/h3-9,13,21H,10-12,14H2,1-2H3,(H,25,30)(H,28,29)(H2,26,27,31). The van der Waals surface area contributed by atoms with Crippen LogP contribution in [0.1, 0.15) is 39.3 Å². The summed E-state index contributed by atoms with van der Waals surface area (Å²) in [4.78, 5) is 24.9. The second-order valence-electron chi connectivity index (χ2n) is 8.52. The van der Waals surface area contributed by atoms with Crippen molar-refractivity contribution >= 4 is 33.2 Å². The molecule has 1 aliphatic heterocycles. The lowest BCUT2D eigenvalue weighted by Crippen LogP contribution is -2.38. The van der Waals surface area contributed by atoms with E-state index in [4.69, 9.17) is 0 Å². The highest BCUT2D eigenvalue weighted by Gasteiger charge is 2.28. The number of anilines is 2. The summed E-state index contributed by atoms with van der Waals surface area (Å²) in [5, 5.41) is 15.4. The minimum absolute atomic E-state index is 0.0526. The van der Waals surface area contributed by atoms with Gasteiger partial charge in [0.05, 0.1) is 17.2 Å². The van der Waals surface area contributed by atoms with Crippen LogP contribution in [0.25, 0.3) is 0 Å². The number of carbonyl (C=O) groups is 2. The highest BCUT2D eigenvalue weighted by molar-refractivity contribution is 7.91. The summed E-state index contributed by atoms with van der Waals surface area (Å²) in [5.74, 6) is -0.277. The minimum atomic E-state index is -3.08. The molecule has 0 bridgehead atoms. The summed E-state index contributed by atoms with van der Waals surface area (Å²) in [7, 11) is -3.08. The van der Waals surface area contributed by atoms with Crippen molar-refractivity contribution in [3.8, 4) is 0 Å². The summed E-state index contributed by atoms with van der Waals surface area (Å²) in [6.45, 7) is 3.97. The first kappa shape index (κ1) is 23.5. The maximum absolute atomic E-state index is 12.7. The van der Waals surface area contributed by atoms with E-state index in [9.17, 15) is 18.0 Å². The zero-order chi connectivity index (χ0) is 24.3. The Bertz CT molecular complexity index is 1300. The number of hydrogen-bond acceptors (Lipinski definition) is 5. The SMILES string of the molecule is Cc1n[nH]c(C)c1Cc1ccc(NC(=O)c2cccc(NC(=O)NC3CCS(=O)(=O)C3)c2)cc1. The van der Waals surface area contributed by atoms with Crippen LogP contribution >= 0.6 is 0 Å². The highest BCUT2D eigenvalue weighted by Crippen LogP contribution is 2.19. The average molecular weight is 482 g/mol. The first-order chi connectivity index (χ1) is 16.2. The molecule has 4 N–H and O–H groups in total. The minimum Gasteiger partial charge on any atom is -0.334 e. The van der Waals surface area contributed by atoms with Gasteiger partial charge < -0.3 is 16.0 Å². The van der Waals surface area contributed by atoms with Crippen molar-refractivity contribution in [1.82, 2.24) is 15.5 Å². The van der Waals surface area contributed by atoms with Crippen molar-refractivity contribution in [2.24, 2.45) is 0 Å². The van der Waals surface area contributed by atoms with Crippen molar-refractivity contribution < 1.29 is 18.0 Å². The van der Waals surface area contributed by atoms with E-state index in [-0.39, 0.29) is 17.4 Å². The van der Waals surface area contributed by atoms with Crippen molar-refractivity contribution in [2.45, 2.75) is 32.7 Å². The maximum atomic E-state index is 12.7. The molecule has 2 heterocycles. The molecule has 4 rings (SSSR count). The third kappa shape index (κ3) is 5.82. The number of amides is 3. The molecule has 1 aliphatic rings. The second-order valence-corrected chi connectivity index (χ2v) is 10.7. The molecule has 178 valence electrons. The first-order valence-electron chi connectivity index (χ1n) is 11.0. The lowest BCUT2D eigenvalue weighted by Gasteiger charge is -2.13. The smallest absolute Gasteiger partial charge is 0.319 e. The highest BCUT2D eigenvalue weighted by atomic mass is 32.2. The monoisotopic (exact) mass is 481 g/mol. The Morgan fingerprint density at radius 2 is 1.82 bits per heavy atom. The molecule has 1 fully saturated rings. The molecule has 34 heavy (non-hydrogen) atoms. The van der Waals surface area contributed by atoms with Gasteiger partial charge in [0.15, 0.2) is 9.84 Å². The Balaban J connectivity index is 1.34. The van der Waals surface area contributed by atoms with E-state index in [0.717, 1.165) is 23.4 Å². The van der Waals surface area contributed by atoms with E-state index in [1.54, 1.807) is 24.3 Å². The van der Waals surface area contributed by atoms with Crippen LogP contribution in [0, 0.1) is 13.8 Å². The molecular weight excluding hydrogens is 454 g/mol. The molecule has 3 aromatic rings. The fourth-order valence-electron chi connectivity index (χ4n) is 3.95. The second kappa shape index (κ2) is 9.68. The van der Waals surface area contributed by atoms with Gasteiger partial charge in [-0.3, -0.25) is 9.89 Å². The first-order valence-corrected chi connectivity index (χ1v) is 12.8. The average Bonchev–Trinajstić information content (AvgIpc) is 3.30. The molecule has 0 saturated carbocycles. The third-order valence-electron chi connectivity index (χ3n) is 5.82. The molecule has 2 aromatic carbocycles. The zero-order valence-corrected chi connectivity index (χ0v) is 19.8. The molecule has 1 unspecified atom stereocenters. The Hall–Kier alpha value is -3.66. The molecule has 1 atom stereocenters. The van der Waals surface area contributed by atoms with Gasteiger partial charge in [0.1, 0.15) is 0 Å².